The van der Waals surface area contributed by atoms with Gasteiger partial charge in [0.15, 0.2) is 6.61 Å². The van der Waals surface area contributed by atoms with Crippen LogP contribution >= 0.6 is 11.3 Å². The number of nitrogens with zero attached hydrogens (tertiary/aromatic N) is 4. The molecule has 0 aliphatic rings. The largest absolute Gasteiger partial charge is 0.471 e. The molecule has 0 unspecified atom stereocenters. The second-order valence-corrected chi connectivity index (χ2v) is 5.47. The van der Waals surface area contributed by atoms with Crippen LogP contribution in [0.4, 0.5) is 8.78 Å². The molecular formula is C14H12F2N4O2S. The van der Waals surface area contributed by atoms with Crippen LogP contribution in [0.1, 0.15) is 10.9 Å². The molecule has 0 N–H and O–H groups in total. The molecule has 0 saturated carbocycles. The SMILES string of the molecule is FC(F)COc1ncccc1-c1noc(CCc2nccs2)n1. The molecule has 0 spiro atoms. The van der Waals surface area contributed by atoms with E-state index in [0.717, 1.165) is 5.01 Å². The number of halogens is 2. The summed E-state index contributed by atoms with van der Waals surface area (Å²) in [6, 6.07) is 3.29. The second-order valence-electron chi connectivity index (χ2n) is 4.50. The van der Waals surface area contributed by atoms with Gasteiger partial charge in [-0.2, -0.15) is 4.98 Å². The van der Waals surface area contributed by atoms with Crippen molar-refractivity contribution < 1.29 is 18.0 Å². The molecule has 0 aliphatic carbocycles. The van der Waals surface area contributed by atoms with Gasteiger partial charge in [0.25, 0.3) is 6.43 Å². The summed E-state index contributed by atoms with van der Waals surface area (Å²) < 4.78 is 34.7. The highest BCUT2D eigenvalue weighted by molar-refractivity contribution is 7.09. The molecule has 0 saturated heterocycles. The predicted molar refractivity (Wildman–Crippen MR) is 78.6 cm³/mol. The molecule has 0 bridgehead atoms. The van der Waals surface area contributed by atoms with Crippen LogP contribution in [0.15, 0.2) is 34.4 Å². The van der Waals surface area contributed by atoms with E-state index in [9.17, 15) is 8.78 Å². The zero-order valence-electron chi connectivity index (χ0n) is 11.9. The number of aryl methyl sites for hydroxylation is 2. The van der Waals surface area contributed by atoms with E-state index in [1.54, 1.807) is 29.7 Å². The van der Waals surface area contributed by atoms with E-state index >= 15 is 0 Å². The first-order valence-electron chi connectivity index (χ1n) is 6.79. The number of thiazole rings is 1. The molecule has 9 heteroatoms. The quantitative estimate of drug-likeness (QED) is 0.659. The summed E-state index contributed by atoms with van der Waals surface area (Å²) in [4.78, 5) is 12.4. The Morgan fingerprint density at radius 2 is 2.13 bits per heavy atom. The van der Waals surface area contributed by atoms with Gasteiger partial charge in [-0.05, 0) is 12.1 Å². The van der Waals surface area contributed by atoms with E-state index in [-0.39, 0.29) is 11.7 Å². The maximum Gasteiger partial charge on any atom is 0.272 e. The van der Waals surface area contributed by atoms with E-state index in [2.05, 4.69) is 20.1 Å². The molecule has 3 aromatic heterocycles. The molecule has 0 fully saturated rings. The van der Waals surface area contributed by atoms with Crippen LogP contribution in [0.25, 0.3) is 11.4 Å². The van der Waals surface area contributed by atoms with E-state index in [1.807, 2.05) is 5.38 Å². The molecule has 0 radical (unpaired) electrons. The summed E-state index contributed by atoms with van der Waals surface area (Å²) in [5, 5.41) is 6.74. The van der Waals surface area contributed by atoms with Gasteiger partial charge in [0.05, 0.1) is 10.6 Å². The molecule has 120 valence electrons. The van der Waals surface area contributed by atoms with Crippen molar-refractivity contribution in [2.75, 3.05) is 6.61 Å². The molecular weight excluding hydrogens is 326 g/mol. The van der Waals surface area contributed by atoms with E-state index in [1.165, 1.54) is 6.20 Å². The Hall–Kier alpha value is -2.42. The van der Waals surface area contributed by atoms with Gasteiger partial charge in [0, 0.05) is 30.6 Å². The molecule has 3 rings (SSSR count). The molecule has 0 amide bonds. The third kappa shape index (κ3) is 4.07. The smallest absolute Gasteiger partial charge is 0.272 e. The van der Waals surface area contributed by atoms with Crippen LogP contribution in [0, 0.1) is 0 Å². The van der Waals surface area contributed by atoms with Gasteiger partial charge >= 0.3 is 0 Å². The molecule has 6 nitrogen and oxygen atoms in total. The van der Waals surface area contributed by atoms with Gasteiger partial charge in [-0.1, -0.05) is 5.16 Å². The number of rotatable bonds is 7. The van der Waals surface area contributed by atoms with Crippen LogP contribution in [0.5, 0.6) is 5.88 Å². The number of hydrogen-bond donors (Lipinski definition) is 0. The van der Waals surface area contributed by atoms with Crippen LogP contribution in [-0.2, 0) is 12.8 Å². The lowest BCUT2D eigenvalue weighted by Gasteiger charge is -2.06. The Labute approximate surface area is 134 Å². The Morgan fingerprint density at radius 3 is 2.91 bits per heavy atom. The molecule has 0 atom stereocenters. The van der Waals surface area contributed by atoms with Crippen molar-refractivity contribution >= 4 is 11.3 Å². The highest BCUT2D eigenvalue weighted by atomic mass is 32.1. The lowest BCUT2D eigenvalue weighted by Crippen LogP contribution is -2.08. The Balaban J connectivity index is 1.72. The zero-order chi connectivity index (χ0) is 16.1. The molecule has 0 aromatic carbocycles. The average molecular weight is 338 g/mol. The van der Waals surface area contributed by atoms with Crippen molar-refractivity contribution in [3.8, 4) is 17.3 Å². The normalized spacial score (nSPS) is 11.1. The Morgan fingerprint density at radius 1 is 1.22 bits per heavy atom. The van der Waals surface area contributed by atoms with Crippen LogP contribution < -0.4 is 4.74 Å². The lowest BCUT2D eigenvalue weighted by atomic mass is 10.2. The van der Waals surface area contributed by atoms with Crippen molar-refractivity contribution in [3.05, 3.63) is 40.8 Å². The zero-order valence-corrected chi connectivity index (χ0v) is 12.7. The maximum absolute atomic E-state index is 12.3. The molecule has 23 heavy (non-hydrogen) atoms. The summed E-state index contributed by atoms with van der Waals surface area (Å²) in [7, 11) is 0. The van der Waals surface area contributed by atoms with E-state index < -0.39 is 13.0 Å². The van der Waals surface area contributed by atoms with Crippen molar-refractivity contribution in [2.24, 2.45) is 0 Å². The van der Waals surface area contributed by atoms with Gasteiger partial charge in [-0.25, -0.2) is 18.7 Å². The molecule has 3 heterocycles. The maximum atomic E-state index is 12.3. The fourth-order valence-corrected chi connectivity index (χ4v) is 2.49. The minimum absolute atomic E-state index is 0.0556. The topological polar surface area (TPSA) is 73.9 Å². The highest BCUT2D eigenvalue weighted by Crippen LogP contribution is 2.25. The first-order valence-corrected chi connectivity index (χ1v) is 7.67. The summed E-state index contributed by atoms with van der Waals surface area (Å²) in [5.41, 5.74) is 0.414. The predicted octanol–water partition coefficient (Wildman–Crippen LogP) is 3.02. The van der Waals surface area contributed by atoms with Gasteiger partial charge in [-0.3, -0.25) is 0 Å². The summed E-state index contributed by atoms with van der Waals surface area (Å²) in [5.74, 6) is 0.760. The number of hydrogen-bond acceptors (Lipinski definition) is 7. The first kappa shape index (κ1) is 15.5. The van der Waals surface area contributed by atoms with Crippen molar-refractivity contribution in [1.29, 1.82) is 0 Å². The van der Waals surface area contributed by atoms with Gasteiger partial charge in [-0.15, -0.1) is 11.3 Å². The van der Waals surface area contributed by atoms with E-state index in [4.69, 9.17) is 9.26 Å². The molecule has 0 aliphatic heterocycles. The Kier molecular flexibility index (Phi) is 4.86. The van der Waals surface area contributed by atoms with E-state index in [0.29, 0.717) is 24.3 Å². The number of alkyl halides is 2. The Bertz CT molecular complexity index is 749. The van der Waals surface area contributed by atoms with Gasteiger partial charge in [0.2, 0.25) is 17.6 Å². The third-order valence-corrected chi connectivity index (χ3v) is 3.70. The summed E-state index contributed by atoms with van der Waals surface area (Å²) >= 11 is 1.56. The van der Waals surface area contributed by atoms with Crippen LogP contribution in [0.2, 0.25) is 0 Å². The standard InChI is InChI=1S/C14H12F2N4O2S/c15-10(16)8-21-14-9(2-1-5-18-14)13-19-11(22-20-13)3-4-12-17-6-7-23-12/h1-2,5-7,10H,3-4,8H2. The average Bonchev–Trinajstić information content (AvgIpc) is 3.22. The first-order chi connectivity index (χ1) is 11.2. The van der Waals surface area contributed by atoms with Gasteiger partial charge < -0.3 is 9.26 Å². The highest BCUT2D eigenvalue weighted by Gasteiger charge is 2.16. The summed E-state index contributed by atoms with van der Waals surface area (Å²) in [6.45, 7) is -0.737. The van der Waals surface area contributed by atoms with Crippen molar-refractivity contribution in [3.63, 3.8) is 0 Å². The van der Waals surface area contributed by atoms with Gasteiger partial charge in [0.1, 0.15) is 0 Å². The fraction of sp³-hybridized carbons (Fsp3) is 0.286. The minimum atomic E-state index is -2.58. The second kappa shape index (κ2) is 7.23. The molecule has 3 aromatic rings. The van der Waals surface area contributed by atoms with Crippen LogP contribution in [-0.4, -0.2) is 33.1 Å². The summed E-state index contributed by atoms with van der Waals surface area (Å²) in [6.07, 6.45) is 1.86. The fourth-order valence-electron chi connectivity index (χ4n) is 1.87. The lowest BCUT2D eigenvalue weighted by molar-refractivity contribution is 0.0799. The number of pyridine rings is 1. The monoisotopic (exact) mass is 338 g/mol. The van der Waals surface area contributed by atoms with Crippen LogP contribution in [0.3, 0.4) is 0 Å². The number of aromatic nitrogens is 4. The van der Waals surface area contributed by atoms with Crippen molar-refractivity contribution in [1.82, 2.24) is 20.1 Å². The number of ether oxygens (including phenoxy) is 1. The third-order valence-electron chi connectivity index (χ3n) is 2.86. The van der Waals surface area contributed by atoms with Crippen molar-refractivity contribution in [2.45, 2.75) is 19.3 Å². The minimum Gasteiger partial charge on any atom is -0.471 e.